The SMILES string of the molecule is NCC#Cc1cc(F)ccc1OCc1cccc(F)c1. The van der Waals surface area contributed by atoms with Crippen molar-refractivity contribution in [1.29, 1.82) is 0 Å². The lowest BCUT2D eigenvalue weighted by Crippen LogP contribution is -1.99. The van der Waals surface area contributed by atoms with Crippen LogP contribution in [0.4, 0.5) is 8.78 Å². The lowest BCUT2D eigenvalue weighted by molar-refractivity contribution is 0.304. The highest BCUT2D eigenvalue weighted by Crippen LogP contribution is 2.20. The smallest absolute Gasteiger partial charge is 0.135 e. The van der Waals surface area contributed by atoms with Gasteiger partial charge in [0.25, 0.3) is 0 Å². The molecule has 2 aromatic carbocycles. The molecule has 2 nitrogen and oxygen atoms in total. The van der Waals surface area contributed by atoms with Gasteiger partial charge in [0.05, 0.1) is 12.1 Å². The molecule has 4 heteroatoms. The van der Waals surface area contributed by atoms with Gasteiger partial charge in [-0.15, -0.1) is 0 Å². The van der Waals surface area contributed by atoms with Gasteiger partial charge in [0, 0.05) is 0 Å². The van der Waals surface area contributed by atoms with Crippen molar-refractivity contribution in [3.05, 3.63) is 65.2 Å². The van der Waals surface area contributed by atoms with Crippen molar-refractivity contribution in [2.45, 2.75) is 6.61 Å². The van der Waals surface area contributed by atoms with E-state index < -0.39 is 5.82 Å². The summed E-state index contributed by atoms with van der Waals surface area (Å²) in [4.78, 5) is 0. The third-order valence-corrected chi connectivity index (χ3v) is 2.55. The second-order valence-electron chi connectivity index (χ2n) is 4.06. The Morgan fingerprint density at radius 1 is 1.05 bits per heavy atom. The zero-order chi connectivity index (χ0) is 14.4. The van der Waals surface area contributed by atoms with Crippen LogP contribution in [-0.4, -0.2) is 6.54 Å². The quantitative estimate of drug-likeness (QED) is 0.873. The largest absolute Gasteiger partial charge is 0.488 e. The molecule has 0 aliphatic rings. The van der Waals surface area contributed by atoms with Crippen molar-refractivity contribution in [2.24, 2.45) is 5.73 Å². The Bertz CT molecular complexity index is 659. The minimum absolute atomic E-state index is 0.180. The van der Waals surface area contributed by atoms with Gasteiger partial charge in [-0.25, -0.2) is 8.78 Å². The lowest BCUT2D eigenvalue weighted by Gasteiger charge is -2.08. The second kappa shape index (κ2) is 6.69. The summed E-state index contributed by atoms with van der Waals surface area (Å²) < 4.78 is 31.8. The normalized spacial score (nSPS) is 9.75. The van der Waals surface area contributed by atoms with Crippen LogP contribution in [-0.2, 0) is 6.61 Å². The van der Waals surface area contributed by atoms with Crippen LogP contribution in [0.1, 0.15) is 11.1 Å². The summed E-state index contributed by atoms with van der Waals surface area (Å²) in [7, 11) is 0. The molecule has 2 N–H and O–H groups in total. The molecule has 20 heavy (non-hydrogen) atoms. The van der Waals surface area contributed by atoms with E-state index in [1.54, 1.807) is 12.1 Å². The molecule has 0 saturated heterocycles. The second-order valence-corrected chi connectivity index (χ2v) is 4.06. The molecule has 0 bridgehead atoms. The summed E-state index contributed by atoms with van der Waals surface area (Å²) in [5.41, 5.74) is 6.41. The molecule has 0 radical (unpaired) electrons. The molecule has 0 unspecified atom stereocenters. The van der Waals surface area contributed by atoms with Crippen LogP contribution < -0.4 is 10.5 Å². The molecule has 0 aromatic heterocycles. The number of hydrogen-bond acceptors (Lipinski definition) is 2. The van der Waals surface area contributed by atoms with E-state index in [0.717, 1.165) is 0 Å². The lowest BCUT2D eigenvalue weighted by atomic mass is 10.2. The number of benzene rings is 2. The molecule has 0 heterocycles. The first-order valence-electron chi connectivity index (χ1n) is 6.05. The van der Waals surface area contributed by atoms with E-state index in [4.69, 9.17) is 10.5 Å². The van der Waals surface area contributed by atoms with E-state index in [9.17, 15) is 8.78 Å². The molecule has 0 aliphatic heterocycles. The zero-order valence-electron chi connectivity index (χ0n) is 10.7. The van der Waals surface area contributed by atoms with Gasteiger partial charge in [0.2, 0.25) is 0 Å². The van der Waals surface area contributed by atoms with Gasteiger partial charge in [-0.05, 0) is 35.9 Å². The molecule has 102 valence electrons. The Labute approximate surface area is 116 Å². The average molecular weight is 273 g/mol. The van der Waals surface area contributed by atoms with E-state index in [-0.39, 0.29) is 19.0 Å². The highest BCUT2D eigenvalue weighted by Gasteiger charge is 2.04. The van der Waals surface area contributed by atoms with Crippen LogP contribution in [0.5, 0.6) is 5.75 Å². The Hall–Kier alpha value is -2.38. The van der Waals surface area contributed by atoms with Gasteiger partial charge in [0.15, 0.2) is 0 Å². The van der Waals surface area contributed by atoms with Gasteiger partial charge in [0.1, 0.15) is 24.0 Å². The minimum atomic E-state index is -0.399. The molecule has 0 amide bonds. The summed E-state index contributed by atoms with van der Waals surface area (Å²) in [6.45, 7) is 0.362. The van der Waals surface area contributed by atoms with Crippen molar-refractivity contribution >= 4 is 0 Å². The number of ether oxygens (including phenoxy) is 1. The number of rotatable bonds is 3. The van der Waals surface area contributed by atoms with Crippen LogP contribution in [0, 0.1) is 23.5 Å². The Morgan fingerprint density at radius 3 is 2.60 bits per heavy atom. The third-order valence-electron chi connectivity index (χ3n) is 2.55. The first-order chi connectivity index (χ1) is 9.69. The van der Waals surface area contributed by atoms with Crippen LogP contribution in [0.3, 0.4) is 0 Å². The maximum absolute atomic E-state index is 13.2. The summed E-state index contributed by atoms with van der Waals surface area (Å²) in [5.74, 6) is 5.11. The molecular weight excluding hydrogens is 260 g/mol. The van der Waals surface area contributed by atoms with Gasteiger partial charge in [-0.2, -0.15) is 0 Å². The van der Waals surface area contributed by atoms with E-state index in [2.05, 4.69) is 11.8 Å². The topological polar surface area (TPSA) is 35.2 Å². The van der Waals surface area contributed by atoms with Crippen molar-refractivity contribution in [3.63, 3.8) is 0 Å². The molecule has 2 rings (SSSR count). The van der Waals surface area contributed by atoms with Crippen LogP contribution >= 0.6 is 0 Å². The summed E-state index contributed by atoms with van der Waals surface area (Å²) in [6.07, 6.45) is 0. The number of halogens is 2. The van der Waals surface area contributed by atoms with Gasteiger partial charge < -0.3 is 10.5 Å². The molecule has 0 fully saturated rings. The van der Waals surface area contributed by atoms with Gasteiger partial charge >= 0.3 is 0 Å². The van der Waals surface area contributed by atoms with Crippen molar-refractivity contribution in [1.82, 2.24) is 0 Å². The highest BCUT2D eigenvalue weighted by molar-refractivity contribution is 5.46. The monoisotopic (exact) mass is 273 g/mol. The maximum Gasteiger partial charge on any atom is 0.135 e. The first-order valence-corrected chi connectivity index (χ1v) is 6.05. The molecule has 0 atom stereocenters. The number of hydrogen-bond donors (Lipinski definition) is 1. The van der Waals surface area contributed by atoms with E-state index >= 15 is 0 Å². The Kier molecular flexibility index (Phi) is 4.70. The Morgan fingerprint density at radius 2 is 1.85 bits per heavy atom. The van der Waals surface area contributed by atoms with E-state index in [0.29, 0.717) is 16.9 Å². The molecular formula is C16H13F2NO. The maximum atomic E-state index is 13.2. The predicted molar refractivity (Wildman–Crippen MR) is 73.1 cm³/mol. The van der Waals surface area contributed by atoms with Gasteiger partial charge in [-0.1, -0.05) is 24.0 Å². The molecule has 0 saturated carbocycles. The van der Waals surface area contributed by atoms with Crippen molar-refractivity contribution in [2.75, 3.05) is 6.54 Å². The fourth-order valence-electron chi connectivity index (χ4n) is 1.66. The third kappa shape index (κ3) is 3.81. The summed E-state index contributed by atoms with van der Waals surface area (Å²) >= 11 is 0. The standard InChI is InChI=1S/C16H13F2NO/c17-14-5-1-3-12(9-14)11-20-16-7-6-15(18)10-13(16)4-2-8-19/h1,3,5-7,9-10H,8,11,19H2. The van der Waals surface area contributed by atoms with E-state index in [1.807, 2.05) is 0 Å². The van der Waals surface area contributed by atoms with Crippen LogP contribution in [0.25, 0.3) is 0 Å². The first kappa shape index (κ1) is 14.0. The van der Waals surface area contributed by atoms with Crippen molar-refractivity contribution in [3.8, 4) is 17.6 Å². The zero-order valence-corrected chi connectivity index (χ0v) is 10.7. The van der Waals surface area contributed by atoms with E-state index in [1.165, 1.54) is 30.3 Å². The van der Waals surface area contributed by atoms with Crippen molar-refractivity contribution < 1.29 is 13.5 Å². The number of nitrogens with two attached hydrogens (primary N) is 1. The summed E-state index contributed by atoms with van der Waals surface area (Å²) in [5, 5.41) is 0. The average Bonchev–Trinajstić information content (AvgIpc) is 2.44. The minimum Gasteiger partial charge on any atom is -0.488 e. The fraction of sp³-hybridized carbons (Fsp3) is 0.125. The van der Waals surface area contributed by atoms with Crippen LogP contribution in [0.2, 0.25) is 0 Å². The molecule has 0 spiro atoms. The highest BCUT2D eigenvalue weighted by atomic mass is 19.1. The predicted octanol–water partition coefficient (Wildman–Crippen LogP) is 2.85. The fourth-order valence-corrected chi connectivity index (χ4v) is 1.66. The molecule has 2 aromatic rings. The van der Waals surface area contributed by atoms with Gasteiger partial charge in [-0.3, -0.25) is 0 Å². The Balaban J connectivity index is 2.16. The molecule has 0 aliphatic carbocycles. The summed E-state index contributed by atoms with van der Waals surface area (Å²) in [6, 6.07) is 10.2. The van der Waals surface area contributed by atoms with Crippen LogP contribution in [0.15, 0.2) is 42.5 Å².